The van der Waals surface area contributed by atoms with Crippen molar-refractivity contribution in [1.29, 1.82) is 0 Å². The number of Topliss-reactive ketones (excluding diaryl/α,β-unsaturated/α-hetero) is 1. The largest absolute Gasteiger partial charge is 0.488 e. The molecule has 3 rings (SSSR count). The first-order chi connectivity index (χ1) is 13.7. The van der Waals surface area contributed by atoms with E-state index in [4.69, 9.17) is 14.6 Å². The maximum Gasteiger partial charge on any atom is 0.310 e. The molecule has 1 atom stereocenters. The number of rotatable bonds is 7. The fourth-order valence-electron chi connectivity index (χ4n) is 4.00. The Kier molecular flexibility index (Phi) is 5.96. The Morgan fingerprint density at radius 3 is 2.45 bits per heavy atom. The summed E-state index contributed by atoms with van der Waals surface area (Å²) in [5, 5.41) is 8.86. The molecule has 1 aliphatic rings. The molecule has 1 N–H and O–H groups in total. The van der Waals surface area contributed by atoms with Crippen LogP contribution < -0.4 is 9.47 Å². The number of aliphatic carboxylic acids is 1. The van der Waals surface area contributed by atoms with Crippen molar-refractivity contribution in [1.82, 2.24) is 0 Å². The minimum Gasteiger partial charge on any atom is -0.488 e. The van der Waals surface area contributed by atoms with E-state index in [1.54, 1.807) is 0 Å². The Morgan fingerprint density at radius 2 is 1.79 bits per heavy atom. The van der Waals surface area contributed by atoms with Crippen LogP contribution in [-0.4, -0.2) is 22.5 Å². The number of carbonyl (C=O) groups is 2. The summed E-state index contributed by atoms with van der Waals surface area (Å²) in [7, 11) is 0. The van der Waals surface area contributed by atoms with Crippen LogP contribution in [0.2, 0.25) is 0 Å². The van der Waals surface area contributed by atoms with E-state index in [1.807, 2.05) is 58.0 Å². The van der Waals surface area contributed by atoms with Gasteiger partial charge in [0.1, 0.15) is 35.9 Å². The lowest BCUT2D eigenvalue weighted by Crippen LogP contribution is -2.39. The molecule has 0 bridgehead atoms. The zero-order valence-electron chi connectivity index (χ0n) is 17.5. The number of ketones is 1. The van der Waals surface area contributed by atoms with Crippen molar-refractivity contribution in [3.05, 3.63) is 58.1 Å². The Balaban J connectivity index is 1.84. The van der Waals surface area contributed by atoms with Gasteiger partial charge in [0, 0.05) is 12.0 Å². The van der Waals surface area contributed by atoms with Crippen LogP contribution in [0, 0.1) is 20.8 Å². The maximum absolute atomic E-state index is 12.1. The summed E-state index contributed by atoms with van der Waals surface area (Å²) in [6.07, 6.45) is 1.06. The number of fused-ring (bicyclic) bond motifs is 1. The molecular formula is C24H28O5. The predicted molar refractivity (Wildman–Crippen MR) is 111 cm³/mol. The van der Waals surface area contributed by atoms with Crippen LogP contribution in [-0.2, 0) is 22.6 Å². The van der Waals surface area contributed by atoms with Gasteiger partial charge in [0.2, 0.25) is 0 Å². The van der Waals surface area contributed by atoms with Crippen molar-refractivity contribution in [2.45, 2.75) is 65.6 Å². The Labute approximate surface area is 171 Å². The number of hydrogen-bond donors (Lipinski definition) is 1. The second-order valence-corrected chi connectivity index (χ2v) is 8.12. The van der Waals surface area contributed by atoms with Gasteiger partial charge >= 0.3 is 5.97 Å². The Hall–Kier alpha value is -2.82. The molecule has 1 unspecified atom stereocenters. The number of hydrogen-bond acceptors (Lipinski definition) is 4. The van der Waals surface area contributed by atoms with Gasteiger partial charge in [0.15, 0.2) is 0 Å². The third-order valence-corrected chi connectivity index (χ3v) is 5.71. The summed E-state index contributed by atoms with van der Waals surface area (Å²) in [5.41, 5.74) is 4.64. The lowest BCUT2D eigenvalue weighted by Gasteiger charge is -2.38. The SMILES string of the molecule is Cc1c(C)c2c(c(C)c1OCc1ccccc1)CCC(C)(CC(=O)CC(=O)O)O2. The summed E-state index contributed by atoms with van der Waals surface area (Å²) in [6.45, 7) is 8.47. The summed E-state index contributed by atoms with van der Waals surface area (Å²) >= 11 is 0. The minimum atomic E-state index is -1.10. The Bertz CT molecular complexity index is 932. The lowest BCUT2D eigenvalue weighted by molar-refractivity contribution is -0.141. The summed E-state index contributed by atoms with van der Waals surface area (Å²) < 4.78 is 12.5. The van der Waals surface area contributed by atoms with Crippen LogP contribution in [0.5, 0.6) is 11.5 Å². The average Bonchev–Trinajstić information content (AvgIpc) is 2.66. The van der Waals surface area contributed by atoms with E-state index in [2.05, 4.69) is 0 Å². The minimum absolute atomic E-state index is 0.0997. The van der Waals surface area contributed by atoms with Crippen molar-refractivity contribution in [3.8, 4) is 11.5 Å². The van der Waals surface area contributed by atoms with Gasteiger partial charge in [-0.05, 0) is 62.8 Å². The molecule has 0 radical (unpaired) electrons. The fraction of sp³-hybridized carbons (Fsp3) is 0.417. The molecule has 0 spiro atoms. The van der Waals surface area contributed by atoms with Gasteiger partial charge in [-0.25, -0.2) is 0 Å². The average molecular weight is 396 g/mol. The van der Waals surface area contributed by atoms with E-state index < -0.39 is 18.0 Å². The van der Waals surface area contributed by atoms with Gasteiger partial charge < -0.3 is 14.6 Å². The highest BCUT2D eigenvalue weighted by Gasteiger charge is 2.36. The van der Waals surface area contributed by atoms with Crippen molar-refractivity contribution < 1.29 is 24.2 Å². The summed E-state index contributed by atoms with van der Waals surface area (Å²) in [6, 6.07) is 10.1. The van der Waals surface area contributed by atoms with Gasteiger partial charge in [-0.15, -0.1) is 0 Å². The van der Waals surface area contributed by atoms with Crippen molar-refractivity contribution in [3.63, 3.8) is 0 Å². The smallest absolute Gasteiger partial charge is 0.310 e. The maximum atomic E-state index is 12.1. The van der Waals surface area contributed by atoms with Crippen molar-refractivity contribution in [2.75, 3.05) is 0 Å². The van der Waals surface area contributed by atoms with E-state index in [0.717, 1.165) is 45.7 Å². The third-order valence-electron chi connectivity index (χ3n) is 5.71. The molecule has 0 aliphatic carbocycles. The van der Waals surface area contributed by atoms with Crippen LogP contribution >= 0.6 is 0 Å². The van der Waals surface area contributed by atoms with Gasteiger partial charge in [-0.1, -0.05) is 30.3 Å². The zero-order valence-corrected chi connectivity index (χ0v) is 17.5. The molecule has 0 fully saturated rings. The number of carbonyl (C=O) groups excluding carboxylic acids is 1. The lowest BCUT2D eigenvalue weighted by atomic mass is 9.84. The highest BCUT2D eigenvalue weighted by Crippen LogP contribution is 2.44. The van der Waals surface area contributed by atoms with Crippen molar-refractivity contribution >= 4 is 11.8 Å². The van der Waals surface area contributed by atoms with Crippen LogP contribution in [0.25, 0.3) is 0 Å². The number of ether oxygens (including phenoxy) is 2. The highest BCUT2D eigenvalue weighted by atomic mass is 16.5. The molecule has 1 aliphatic heterocycles. The normalized spacial score (nSPS) is 17.9. The second kappa shape index (κ2) is 8.27. The molecule has 1 heterocycles. The molecule has 2 aromatic rings. The highest BCUT2D eigenvalue weighted by molar-refractivity contribution is 5.95. The first-order valence-electron chi connectivity index (χ1n) is 9.92. The quantitative estimate of drug-likeness (QED) is 0.686. The molecule has 0 aromatic heterocycles. The molecular weight excluding hydrogens is 368 g/mol. The monoisotopic (exact) mass is 396 g/mol. The van der Waals surface area contributed by atoms with Crippen LogP contribution in [0.1, 0.15) is 54.0 Å². The fourth-order valence-corrected chi connectivity index (χ4v) is 4.00. The Morgan fingerprint density at radius 1 is 1.10 bits per heavy atom. The topological polar surface area (TPSA) is 72.8 Å². The standard InChI is InChI=1S/C24H28O5/c1-15-16(2)23-20(10-11-24(4,29-23)13-19(25)12-21(26)27)17(3)22(15)28-14-18-8-6-5-7-9-18/h5-9H,10-14H2,1-4H3,(H,26,27). The summed E-state index contributed by atoms with van der Waals surface area (Å²) in [5.74, 6) is 0.290. The van der Waals surface area contributed by atoms with E-state index in [0.29, 0.717) is 13.0 Å². The van der Waals surface area contributed by atoms with E-state index in [1.165, 1.54) is 0 Å². The first-order valence-corrected chi connectivity index (χ1v) is 9.92. The molecule has 0 amide bonds. The first kappa shape index (κ1) is 20.9. The number of carboxylic acid groups (broad SMARTS) is 1. The molecule has 5 nitrogen and oxygen atoms in total. The number of carboxylic acids is 1. The predicted octanol–water partition coefficient (Wildman–Crippen LogP) is 4.71. The molecule has 5 heteroatoms. The zero-order chi connectivity index (χ0) is 21.2. The third kappa shape index (κ3) is 4.61. The van der Waals surface area contributed by atoms with Gasteiger partial charge in [0.05, 0.1) is 0 Å². The van der Waals surface area contributed by atoms with Crippen LogP contribution in [0.4, 0.5) is 0 Å². The molecule has 154 valence electrons. The molecule has 29 heavy (non-hydrogen) atoms. The van der Waals surface area contributed by atoms with Gasteiger partial charge in [0.25, 0.3) is 0 Å². The van der Waals surface area contributed by atoms with Gasteiger partial charge in [-0.3, -0.25) is 9.59 Å². The molecule has 0 saturated carbocycles. The van der Waals surface area contributed by atoms with E-state index in [-0.39, 0.29) is 12.2 Å². The van der Waals surface area contributed by atoms with Crippen LogP contribution in [0.15, 0.2) is 30.3 Å². The summed E-state index contributed by atoms with van der Waals surface area (Å²) in [4.78, 5) is 22.9. The van der Waals surface area contributed by atoms with E-state index >= 15 is 0 Å². The van der Waals surface area contributed by atoms with Gasteiger partial charge in [-0.2, -0.15) is 0 Å². The second-order valence-electron chi connectivity index (χ2n) is 8.12. The van der Waals surface area contributed by atoms with E-state index in [9.17, 15) is 9.59 Å². The van der Waals surface area contributed by atoms with Crippen LogP contribution in [0.3, 0.4) is 0 Å². The molecule has 2 aromatic carbocycles. The molecule has 0 saturated heterocycles. The van der Waals surface area contributed by atoms with Crippen molar-refractivity contribution in [2.24, 2.45) is 0 Å². The number of benzene rings is 2.